The molecule has 1 unspecified atom stereocenters. The number of benzene rings is 3. The number of hydrogen-bond donors (Lipinski definition) is 3. The van der Waals surface area contributed by atoms with E-state index in [1.165, 1.54) is 18.9 Å². The molecule has 2 amide bonds. The molecule has 0 aliphatic carbocycles. The Morgan fingerprint density at radius 2 is 1.60 bits per heavy atom. The number of carboxylic acid groups (broad SMARTS) is 1. The minimum atomic E-state index is -1.05. The number of nitrogens with one attached hydrogen (secondary N) is 2. The Morgan fingerprint density at radius 1 is 0.886 bits per heavy atom. The van der Waals surface area contributed by atoms with Crippen molar-refractivity contribution in [1.29, 1.82) is 0 Å². The van der Waals surface area contributed by atoms with Crippen LogP contribution in [0.2, 0.25) is 0 Å². The Hall–Kier alpha value is -4.11. The predicted octanol–water partition coefficient (Wildman–Crippen LogP) is 4.75. The molecule has 0 saturated carbocycles. The van der Waals surface area contributed by atoms with Gasteiger partial charge in [0.25, 0.3) is 0 Å². The molecule has 3 N–H and O–H groups in total. The second-order valence-electron chi connectivity index (χ2n) is 7.40. The van der Waals surface area contributed by atoms with Gasteiger partial charge in [0.2, 0.25) is 11.8 Å². The SMILES string of the molecule is COC(=O)c1ccccc1NC(=O)C(Sc1cccc(NC(=O)CCC(=O)O)c1)c1ccccc1. The number of carbonyl (C=O) groups is 4. The molecule has 0 aliphatic heterocycles. The van der Waals surface area contributed by atoms with E-state index in [-0.39, 0.29) is 24.3 Å². The molecule has 0 aliphatic rings. The van der Waals surface area contributed by atoms with Gasteiger partial charge in [-0.2, -0.15) is 0 Å². The summed E-state index contributed by atoms with van der Waals surface area (Å²) in [6.45, 7) is 0. The molecule has 1 atom stereocenters. The molecule has 180 valence electrons. The van der Waals surface area contributed by atoms with Crippen molar-refractivity contribution in [3.8, 4) is 0 Å². The molecule has 35 heavy (non-hydrogen) atoms. The maximum Gasteiger partial charge on any atom is 0.339 e. The van der Waals surface area contributed by atoms with Crippen LogP contribution in [0, 0.1) is 0 Å². The summed E-state index contributed by atoms with van der Waals surface area (Å²) in [5.41, 5.74) is 1.83. The maximum absolute atomic E-state index is 13.4. The fourth-order valence-corrected chi connectivity index (χ4v) is 4.29. The number of aliphatic carboxylic acids is 1. The molecule has 0 fully saturated rings. The van der Waals surface area contributed by atoms with Gasteiger partial charge in [-0.25, -0.2) is 4.79 Å². The van der Waals surface area contributed by atoms with Gasteiger partial charge in [0, 0.05) is 17.0 Å². The van der Waals surface area contributed by atoms with Crippen LogP contribution in [0.15, 0.2) is 83.8 Å². The largest absolute Gasteiger partial charge is 0.481 e. The summed E-state index contributed by atoms with van der Waals surface area (Å²) in [6, 6.07) is 22.7. The monoisotopic (exact) mass is 492 g/mol. The van der Waals surface area contributed by atoms with Gasteiger partial charge < -0.3 is 20.5 Å². The fraction of sp³-hybridized carbons (Fsp3) is 0.154. The van der Waals surface area contributed by atoms with Crippen molar-refractivity contribution in [2.45, 2.75) is 23.0 Å². The molecule has 0 radical (unpaired) electrons. The lowest BCUT2D eigenvalue weighted by Gasteiger charge is -2.18. The maximum atomic E-state index is 13.4. The number of amides is 2. The number of rotatable bonds is 10. The van der Waals surface area contributed by atoms with Crippen molar-refractivity contribution in [3.05, 3.63) is 90.0 Å². The average molecular weight is 493 g/mol. The highest BCUT2D eigenvalue weighted by Gasteiger charge is 2.24. The lowest BCUT2D eigenvalue weighted by atomic mass is 10.1. The van der Waals surface area contributed by atoms with Gasteiger partial charge in [-0.1, -0.05) is 48.5 Å². The van der Waals surface area contributed by atoms with E-state index in [4.69, 9.17) is 9.84 Å². The topological polar surface area (TPSA) is 122 Å². The molecule has 8 nitrogen and oxygen atoms in total. The zero-order chi connectivity index (χ0) is 25.2. The van der Waals surface area contributed by atoms with Crippen LogP contribution in [-0.2, 0) is 19.1 Å². The van der Waals surface area contributed by atoms with Crippen LogP contribution in [0.5, 0.6) is 0 Å². The summed E-state index contributed by atoms with van der Waals surface area (Å²) in [6.07, 6.45) is -0.398. The molecule has 0 bridgehead atoms. The Bertz CT molecular complexity index is 1220. The molecule has 0 aromatic heterocycles. The van der Waals surface area contributed by atoms with Crippen molar-refractivity contribution >= 4 is 46.9 Å². The number of anilines is 2. The van der Waals surface area contributed by atoms with E-state index in [0.29, 0.717) is 16.3 Å². The third-order valence-corrected chi connectivity index (χ3v) is 6.12. The molecular formula is C26H24N2O6S. The van der Waals surface area contributed by atoms with Crippen LogP contribution in [0.25, 0.3) is 0 Å². The average Bonchev–Trinajstić information content (AvgIpc) is 2.86. The number of methoxy groups -OCH3 is 1. The Morgan fingerprint density at radius 3 is 2.31 bits per heavy atom. The summed E-state index contributed by atoms with van der Waals surface area (Å²) in [4.78, 5) is 48.9. The van der Waals surface area contributed by atoms with Crippen LogP contribution in [0.3, 0.4) is 0 Å². The van der Waals surface area contributed by atoms with Gasteiger partial charge in [0.15, 0.2) is 0 Å². The van der Waals surface area contributed by atoms with Crippen LogP contribution in [0.4, 0.5) is 11.4 Å². The summed E-state index contributed by atoms with van der Waals surface area (Å²) in [7, 11) is 1.27. The van der Waals surface area contributed by atoms with Crippen molar-refractivity contribution in [2.24, 2.45) is 0 Å². The van der Waals surface area contributed by atoms with Crippen LogP contribution >= 0.6 is 11.8 Å². The molecule has 0 spiro atoms. The third-order valence-electron chi connectivity index (χ3n) is 4.87. The van der Waals surface area contributed by atoms with E-state index in [9.17, 15) is 19.2 Å². The number of carboxylic acids is 1. The second-order valence-corrected chi connectivity index (χ2v) is 8.58. The number of ether oxygens (including phenoxy) is 1. The van der Waals surface area contributed by atoms with Gasteiger partial charge in [-0.3, -0.25) is 14.4 Å². The smallest absolute Gasteiger partial charge is 0.339 e. The number of thioether (sulfide) groups is 1. The number of para-hydroxylation sites is 1. The minimum absolute atomic E-state index is 0.138. The van der Waals surface area contributed by atoms with Crippen LogP contribution < -0.4 is 10.6 Å². The Labute approximate surface area is 206 Å². The quantitative estimate of drug-likeness (QED) is 0.276. The third kappa shape index (κ3) is 7.44. The van der Waals surface area contributed by atoms with Crippen molar-refractivity contribution in [3.63, 3.8) is 0 Å². The minimum Gasteiger partial charge on any atom is -0.481 e. The normalized spacial score (nSPS) is 11.2. The van der Waals surface area contributed by atoms with Crippen molar-refractivity contribution in [1.82, 2.24) is 0 Å². The van der Waals surface area contributed by atoms with E-state index in [1.54, 1.807) is 42.5 Å². The Balaban J connectivity index is 1.82. The van der Waals surface area contributed by atoms with Gasteiger partial charge in [-0.05, 0) is 35.9 Å². The zero-order valence-corrected chi connectivity index (χ0v) is 19.7. The number of carbonyl (C=O) groups excluding carboxylic acids is 3. The summed E-state index contributed by atoms with van der Waals surface area (Å²) >= 11 is 1.28. The first-order valence-corrected chi connectivity index (χ1v) is 11.6. The highest BCUT2D eigenvalue weighted by Crippen LogP contribution is 2.37. The standard InChI is InChI=1S/C26H24N2O6S/c1-34-26(33)20-12-5-6-13-21(20)28-25(32)24(17-8-3-2-4-9-17)35-19-11-7-10-18(16-19)27-22(29)14-15-23(30)31/h2-13,16,24H,14-15H2,1H3,(H,27,29)(H,28,32)(H,30,31). The van der Waals surface area contributed by atoms with Crippen LogP contribution in [-0.4, -0.2) is 36.0 Å². The molecule has 9 heteroatoms. The van der Waals surface area contributed by atoms with E-state index in [0.717, 1.165) is 5.56 Å². The van der Waals surface area contributed by atoms with E-state index in [2.05, 4.69) is 10.6 Å². The van der Waals surface area contributed by atoms with Crippen LogP contribution in [0.1, 0.15) is 34.0 Å². The first-order chi connectivity index (χ1) is 16.9. The first-order valence-electron chi connectivity index (χ1n) is 10.7. The predicted molar refractivity (Wildman–Crippen MR) is 133 cm³/mol. The highest BCUT2D eigenvalue weighted by molar-refractivity contribution is 8.00. The molecule has 0 heterocycles. The van der Waals surface area contributed by atoms with Gasteiger partial charge in [0.1, 0.15) is 5.25 Å². The fourth-order valence-electron chi connectivity index (χ4n) is 3.21. The first kappa shape index (κ1) is 25.5. The van der Waals surface area contributed by atoms with Gasteiger partial charge in [0.05, 0.1) is 24.8 Å². The zero-order valence-electron chi connectivity index (χ0n) is 18.9. The Kier molecular flexibility index (Phi) is 9.02. The number of esters is 1. The lowest BCUT2D eigenvalue weighted by Crippen LogP contribution is -2.21. The molecule has 3 rings (SSSR count). The molecular weight excluding hydrogens is 468 g/mol. The van der Waals surface area contributed by atoms with Crippen molar-refractivity contribution < 1.29 is 29.0 Å². The number of hydrogen-bond acceptors (Lipinski definition) is 6. The molecule has 0 saturated heterocycles. The summed E-state index contributed by atoms with van der Waals surface area (Å²) in [5, 5.41) is 13.6. The molecule has 3 aromatic carbocycles. The molecule has 3 aromatic rings. The van der Waals surface area contributed by atoms with E-state index >= 15 is 0 Å². The highest BCUT2D eigenvalue weighted by atomic mass is 32.2. The van der Waals surface area contributed by atoms with E-state index in [1.807, 2.05) is 36.4 Å². The summed E-state index contributed by atoms with van der Waals surface area (Å²) < 4.78 is 4.81. The van der Waals surface area contributed by atoms with Gasteiger partial charge >= 0.3 is 11.9 Å². The van der Waals surface area contributed by atoms with Gasteiger partial charge in [-0.15, -0.1) is 11.8 Å². The summed E-state index contributed by atoms with van der Waals surface area (Å²) in [5.74, 6) is -2.36. The van der Waals surface area contributed by atoms with Crippen molar-refractivity contribution in [2.75, 3.05) is 17.7 Å². The second kappa shape index (κ2) is 12.4. The lowest BCUT2D eigenvalue weighted by molar-refractivity contribution is -0.138. The van der Waals surface area contributed by atoms with E-state index < -0.39 is 23.1 Å².